The minimum absolute atomic E-state index is 0.0860. The number of aliphatic carboxylic acids is 1. The molecule has 0 aliphatic carbocycles. The smallest absolute Gasteiger partial charge is 0.314 e. The zero-order valence-corrected chi connectivity index (χ0v) is 11.0. The van der Waals surface area contributed by atoms with Crippen LogP contribution in [0.1, 0.15) is 46.5 Å². The van der Waals surface area contributed by atoms with E-state index in [1.165, 1.54) is 0 Å². The summed E-state index contributed by atoms with van der Waals surface area (Å²) in [7, 11) is 0. The molecule has 0 spiro atoms. The van der Waals surface area contributed by atoms with Crippen LogP contribution in [0.3, 0.4) is 0 Å². The monoisotopic (exact) mass is 244 g/mol. The molecule has 2 unspecified atom stereocenters. The van der Waals surface area contributed by atoms with Crippen molar-refractivity contribution in [1.82, 2.24) is 10.6 Å². The highest BCUT2D eigenvalue weighted by Gasteiger charge is 2.09. The van der Waals surface area contributed by atoms with Crippen LogP contribution in [0, 0.1) is 5.92 Å². The van der Waals surface area contributed by atoms with Crippen LogP contribution >= 0.6 is 0 Å². The number of hydrogen-bond acceptors (Lipinski definition) is 2. The van der Waals surface area contributed by atoms with E-state index in [-0.39, 0.29) is 18.5 Å². The second-order valence-electron chi connectivity index (χ2n) is 4.55. The van der Waals surface area contributed by atoms with E-state index in [0.29, 0.717) is 18.9 Å². The molecule has 5 heteroatoms. The lowest BCUT2D eigenvalue weighted by molar-refractivity contribution is -0.137. The molecule has 0 aliphatic heterocycles. The van der Waals surface area contributed by atoms with Gasteiger partial charge < -0.3 is 15.7 Å². The summed E-state index contributed by atoms with van der Waals surface area (Å²) in [6, 6.07) is -0.0735. The Kier molecular flexibility index (Phi) is 8.19. The Balaban J connectivity index is 3.60. The maximum atomic E-state index is 11.4. The maximum Gasteiger partial charge on any atom is 0.314 e. The molecule has 0 heterocycles. The van der Waals surface area contributed by atoms with Gasteiger partial charge in [-0.2, -0.15) is 0 Å². The summed E-state index contributed by atoms with van der Waals surface area (Å²) in [5.41, 5.74) is 0. The predicted octanol–water partition coefficient (Wildman–Crippen LogP) is 1.98. The Morgan fingerprint density at radius 2 is 1.94 bits per heavy atom. The van der Waals surface area contributed by atoms with Crippen molar-refractivity contribution >= 4 is 12.0 Å². The van der Waals surface area contributed by atoms with Gasteiger partial charge in [-0.1, -0.05) is 20.3 Å². The molecule has 0 aliphatic rings. The van der Waals surface area contributed by atoms with Gasteiger partial charge in [0.2, 0.25) is 0 Å². The minimum Gasteiger partial charge on any atom is -0.481 e. The van der Waals surface area contributed by atoms with Crippen molar-refractivity contribution in [3.05, 3.63) is 0 Å². The molecule has 0 radical (unpaired) electrons. The van der Waals surface area contributed by atoms with Gasteiger partial charge in [0.05, 0.1) is 0 Å². The van der Waals surface area contributed by atoms with E-state index in [0.717, 1.165) is 12.8 Å². The molecule has 3 N–H and O–H groups in total. The second kappa shape index (κ2) is 8.84. The molecule has 0 bridgehead atoms. The Morgan fingerprint density at radius 1 is 1.29 bits per heavy atom. The Labute approximate surface area is 103 Å². The third-order valence-corrected chi connectivity index (χ3v) is 2.68. The molecule has 0 aromatic heterocycles. The van der Waals surface area contributed by atoms with Gasteiger partial charge in [-0.3, -0.25) is 4.79 Å². The molecule has 0 aromatic carbocycles. The Hall–Kier alpha value is -1.26. The Morgan fingerprint density at radius 3 is 2.47 bits per heavy atom. The van der Waals surface area contributed by atoms with Gasteiger partial charge in [-0.15, -0.1) is 0 Å². The van der Waals surface area contributed by atoms with Gasteiger partial charge in [0, 0.05) is 19.0 Å². The van der Waals surface area contributed by atoms with Crippen molar-refractivity contribution in [2.45, 2.75) is 52.5 Å². The van der Waals surface area contributed by atoms with Crippen LogP contribution in [-0.2, 0) is 4.79 Å². The highest BCUT2D eigenvalue weighted by atomic mass is 16.4. The van der Waals surface area contributed by atoms with E-state index in [1.807, 2.05) is 6.92 Å². The quantitative estimate of drug-likeness (QED) is 0.571. The molecule has 2 amide bonds. The molecular formula is C12H24N2O3. The van der Waals surface area contributed by atoms with E-state index in [1.54, 1.807) is 0 Å². The third kappa shape index (κ3) is 9.66. The zero-order chi connectivity index (χ0) is 13.3. The van der Waals surface area contributed by atoms with Crippen LogP contribution in [0.15, 0.2) is 0 Å². The summed E-state index contributed by atoms with van der Waals surface area (Å²) in [6.45, 7) is 6.66. The fourth-order valence-corrected chi connectivity index (χ4v) is 1.55. The van der Waals surface area contributed by atoms with Gasteiger partial charge in [0.1, 0.15) is 0 Å². The minimum atomic E-state index is -0.836. The first kappa shape index (κ1) is 15.7. The van der Waals surface area contributed by atoms with E-state index >= 15 is 0 Å². The normalized spacial score (nSPS) is 13.8. The van der Waals surface area contributed by atoms with E-state index in [4.69, 9.17) is 5.11 Å². The molecule has 2 atom stereocenters. The number of urea groups is 1. The van der Waals surface area contributed by atoms with Gasteiger partial charge in [0.15, 0.2) is 0 Å². The molecule has 0 aromatic rings. The summed E-state index contributed by atoms with van der Waals surface area (Å²) in [6.07, 6.45) is 2.61. The number of carboxylic acid groups (broad SMARTS) is 1. The summed E-state index contributed by atoms with van der Waals surface area (Å²) >= 11 is 0. The van der Waals surface area contributed by atoms with Crippen LogP contribution in [-0.4, -0.2) is 29.7 Å². The zero-order valence-electron chi connectivity index (χ0n) is 11.0. The molecule has 0 saturated heterocycles. The molecule has 100 valence electrons. The number of carbonyl (C=O) groups excluding carboxylic acids is 1. The second-order valence-corrected chi connectivity index (χ2v) is 4.55. The van der Waals surface area contributed by atoms with Crippen molar-refractivity contribution in [1.29, 1.82) is 0 Å². The lowest BCUT2D eigenvalue weighted by Crippen LogP contribution is -2.41. The fraction of sp³-hybridized carbons (Fsp3) is 0.833. The van der Waals surface area contributed by atoms with E-state index in [9.17, 15) is 9.59 Å². The van der Waals surface area contributed by atoms with Gasteiger partial charge >= 0.3 is 12.0 Å². The summed E-state index contributed by atoms with van der Waals surface area (Å²) < 4.78 is 0. The number of carbonyl (C=O) groups is 2. The lowest BCUT2D eigenvalue weighted by Gasteiger charge is -2.17. The van der Waals surface area contributed by atoms with E-state index in [2.05, 4.69) is 24.5 Å². The van der Waals surface area contributed by atoms with Crippen molar-refractivity contribution in [2.24, 2.45) is 5.92 Å². The standard InChI is InChI=1S/C12H24N2O3/c1-4-9(2)8-10(3)14-12(17)13-7-5-6-11(15)16/h9-10H,4-8H2,1-3H3,(H,15,16)(H2,13,14,17). The van der Waals surface area contributed by atoms with Crippen LogP contribution in [0.25, 0.3) is 0 Å². The van der Waals surface area contributed by atoms with Crippen LogP contribution in [0.4, 0.5) is 4.79 Å². The van der Waals surface area contributed by atoms with E-state index < -0.39 is 5.97 Å². The number of nitrogens with one attached hydrogen (secondary N) is 2. The average molecular weight is 244 g/mol. The highest BCUT2D eigenvalue weighted by molar-refractivity contribution is 5.74. The number of amides is 2. The SMILES string of the molecule is CCC(C)CC(C)NC(=O)NCCCC(=O)O. The summed E-state index contributed by atoms with van der Waals surface area (Å²) in [5, 5.41) is 13.9. The van der Waals surface area contributed by atoms with Crippen molar-refractivity contribution in [3.8, 4) is 0 Å². The molecule has 17 heavy (non-hydrogen) atoms. The number of carboxylic acids is 1. The summed E-state index contributed by atoms with van der Waals surface area (Å²) in [4.78, 5) is 21.6. The lowest BCUT2D eigenvalue weighted by atomic mass is 10.0. The predicted molar refractivity (Wildman–Crippen MR) is 66.9 cm³/mol. The molecule has 0 saturated carbocycles. The van der Waals surface area contributed by atoms with Crippen LogP contribution < -0.4 is 10.6 Å². The molecule has 0 rings (SSSR count). The average Bonchev–Trinajstić information content (AvgIpc) is 2.23. The number of rotatable bonds is 8. The molecule has 0 fully saturated rings. The van der Waals surface area contributed by atoms with Gasteiger partial charge in [-0.05, 0) is 25.7 Å². The topological polar surface area (TPSA) is 78.4 Å². The number of hydrogen-bond donors (Lipinski definition) is 3. The highest BCUT2D eigenvalue weighted by Crippen LogP contribution is 2.08. The van der Waals surface area contributed by atoms with Crippen LogP contribution in [0.2, 0.25) is 0 Å². The largest absolute Gasteiger partial charge is 0.481 e. The first-order chi connectivity index (χ1) is 7.95. The first-order valence-electron chi connectivity index (χ1n) is 6.21. The molecular weight excluding hydrogens is 220 g/mol. The Bertz CT molecular complexity index is 244. The fourth-order valence-electron chi connectivity index (χ4n) is 1.55. The van der Waals surface area contributed by atoms with Crippen molar-refractivity contribution in [3.63, 3.8) is 0 Å². The van der Waals surface area contributed by atoms with Crippen molar-refractivity contribution < 1.29 is 14.7 Å². The summed E-state index contributed by atoms with van der Waals surface area (Å²) in [5.74, 6) is -0.241. The van der Waals surface area contributed by atoms with Crippen LogP contribution in [0.5, 0.6) is 0 Å². The molecule has 5 nitrogen and oxygen atoms in total. The maximum absolute atomic E-state index is 11.4. The third-order valence-electron chi connectivity index (χ3n) is 2.68. The van der Waals surface area contributed by atoms with Crippen molar-refractivity contribution in [2.75, 3.05) is 6.54 Å². The van der Waals surface area contributed by atoms with Gasteiger partial charge in [0.25, 0.3) is 0 Å². The van der Waals surface area contributed by atoms with Gasteiger partial charge in [-0.25, -0.2) is 4.79 Å². The first-order valence-corrected chi connectivity index (χ1v) is 6.21.